The van der Waals surface area contributed by atoms with Crippen molar-refractivity contribution in [3.63, 3.8) is 0 Å². The summed E-state index contributed by atoms with van der Waals surface area (Å²) < 4.78 is 14.6. The third-order valence-electron chi connectivity index (χ3n) is 2.37. The van der Waals surface area contributed by atoms with Crippen molar-refractivity contribution in [1.29, 1.82) is 0 Å². The fourth-order valence-electron chi connectivity index (χ4n) is 1.53. The van der Waals surface area contributed by atoms with Crippen LogP contribution in [0, 0.1) is 5.82 Å². The van der Waals surface area contributed by atoms with Crippen LogP contribution in [0.25, 0.3) is 0 Å². The van der Waals surface area contributed by atoms with Gasteiger partial charge in [-0.1, -0.05) is 17.7 Å². The molecule has 4 nitrogen and oxygen atoms in total. The van der Waals surface area contributed by atoms with Gasteiger partial charge in [0.1, 0.15) is 18.0 Å². The normalized spacial score (nSPS) is 10.8. The maximum Gasteiger partial charge on any atom is 0.141 e. The van der Waals surface area contributed by atoms with Gasteiger partial charge in [-0.25, -0.2) is 14.1 Å². The lowest BCUT2D eigenvalue weighted by atomic mass is 10.2. The van der Waals surface area contributed by atoms with Crippen LogP contribution in [0.5, 0.6) is 0 Å². The van der Waals surface area contributed by atoms with Crippen molar-refractivity contribution >= 4 is 11.6 Å². The largest absolute Gasteiger partial charge is 0.313 e. The van der Waals surface area contributed by atoms with Crippen molar-refractivity contribution in [3.05, 3.63) is 46.8 Å². The van der Waals surface area contributed by atoms with E-state index >= 15 is 0 Å². The number of nitrogens with one attached hydrogen (secondary N) is 1. The fourth-order valence-corrected chi connectivity index (χ4v) is 1.75. The summed E-state index contributed by atoms with van der Waals surface area (Å²) in [5.74, 6) is 0.473. The van der Waals surface area contributed by atoms with Gasteiger partial charge in [-0.2, -0.15) is 5.10 Å². The second-order valence-corrected chi connectivity index (χ2v) is 4.01. The molecule has 17 heavy (non-hydrogen) atoms. The van der Waals surface area contributed by atoms with Gasteiger partial charge in [-0.15, -0.1) is 0 Å². The zero-order chi connectivity index (χ0) is 12.3. The lowest BCUT2D eigenvalue weighted by Gasteiger charge is -2.07. The topological polar surface area (TPSA) is 42.7 Å². The van der Waals surface area contributed by atoms with Crippen LogP contribution in [0.3, 0.4) is 0 Å². The number of nitrogens with zero attached hydrogens (tertiary/aromatic N) is 3. The molecule has 0 aliphatic heterocycles. The summed E-state index contributed by atoms with van der Waals surface area (Å²) in [5, 5.41) is 7.51. The van der Waals surface area contributed by atoms with E-state index in [1.54, 1.807) is 10.7 Å². The molecule has 0 unspecified atom stereocenters. The molecule has 6 heteroatoms. The quantitative estimate of drug-likeness (QED) is 0.905. The molecular weight excluding hydrogens is 243 g/mol. The van der Waals surface area contributed by atoms with Crippen molar-refractivity contribution < 1.29 is 4.39 Å². The average Bonchev–Trinajstić information content (AvgIpc) is 2.71. The zero-order valence-electron chi connectivity index (χ0n) is 9.32. The Morgan fingerprint density at radius 2 is 2.29 bits per heavy atom. The summed E-state index contributed by atoms with van der Waals surface area (Å²) in [6, 6.07) is 4.34. The van der Waals surface area contributed by atoms with E-state index in [-0.39, 0.29) is 5.82 Å². The molecule has 0 radical (unpaired) electrons. The lowest BCUT2D eigenvalue weighted by molar-refractivity contribution is 0.607. The molecule has 0 spiro atoms. The first-order valence-corrected chi connectivity index (χ1v) is 5.53. The van der Waals surface area contributed by atoms with Crippen LogP contribution in [0.2, 0.25) is 5.02 Å². The van der Waals surface area contributed by atoms with Gasteiger partial charge in [0, 0.05) is 5.02 Å². The van der Waals surface area contributed by atoms with E-state index in [0.29, 0.717) is 18.1 Å². The molecule has 0 bridgehead atoms. The highest BCUT2D eigenvalue weighted by molar-refractivity contribution is 6.31. The molecule has 0 atom stereocenters. The Hall–Kier alpha value is -1.46. The van der Waals surface area contributed by atoms with Gasteiger partial charge >= 0.3 is 0 Å². The van der Waals surface area contributed by atoms with Crippen LogP contribution in [0.4, 0.5) is 4.39 Å². The predicted molar refractivity (Wildman–Crippen MR) is 63.3 cm³/mol. The second kappa shape index (κ2) is 5.25. The number of hydrogen-bond donors (Lipinski definition) is 1. The Labute approximate surface area is 103 Å². The molecule has 90 valence electrons. The minimum atomic E-state index is -0.340. The fraction of sp³-hybridized carbons (Fsp3) is 0.273. The van der Waals surface area contributed by atoms with Crippen molar-refractivity contribution in [2.45, 2.75) is 13.1 Å². The Kier molecular flexibility index (Phi) is 3.71. The van der Waals surface area contributed by atoms with Gasteiger partial charge in [0.2, 0.25) is 0 Å². The third kappa shape index (κ3) is 2.81. The van der Waals surface area contributed by atoms with Crippen LogP contribution in [-0.2, 0) is 13.1 Å². The molecule has 0 fully saturated rings. The molecule has 0 aliphatic carbocycles. The summed E-state index contributed by atoms with van der Waals surface area (Å²) in [4.78, 5) is 4.12. The summed E-state index contributed by atoms with van der Waals surface area (Å²) in [7, 11) is 1.84. The average molecular weight is 255 g/mol. The summed E-state index contributed by atoms with van der Waals surface area (Å²) in [6.45, 7) is 1.11. The Morgan fingerprint density at radius 3 is 3.00 bits per heavy atom. The molecule has 0 saturated heterocycles. The van der Waals surface area contributed by atoms with E-state index < -0.39 is 0 Å². The highest BCUT2D eigenvalue weighted by Crippen LogP contribution is 2.18. The Bertz CT molecular complexity index is 512. The molecule has 2 rings (SSSR count). The van der Waals surface area contributed by atoms with E-state index in [1.165, 1.54) is 18.5 Å². The van der Waals surface area contributed by atoms with E-state index in [2.05, 4.69) is 15.4 Å². The first-order valence-electron chi connectivity index (χ1n) is 5.16. The van der Waals surface area contributed by atoms with Crippen LogP contribution in [-0.4, -0.2) is 21.8 Å². The molecular formula is C11H12ClFN4. The maximum absolute atomic E-state index is 12.9. The monoisotopic (exact) mass is 254 g/mol. The number of rotatable bonds is 4. The van der Waals surface area contributed by atoms with E-state index in [4.69, 9.17) is 11.6 Å². The second-order valence-electron chi connectivity index (χ2n) is 3.60. The van der Waals surface area contributed by atoms with Crippen molar-refractivity contribution in [1.82, 2.24) is 20.1 Å². The number of halogens is 2. The van der Waals surface area contributed by atoms with E-state index in [1.807, 2.05) is 7.05 Å². The standard InChI is InChI=1S/C11H12ClFN4/c1-14-5-11-15-7-16-17(11)6-8-2-3-9(13)4-10(8)12/h2-4,7,14H,5-6H2,1H3. The van der Waals surface area contributed by atoms with Gasteiger partial charge in [0.25, 0.3) is 0 Å². The molecule has 1 heterocycles. The predicted octanol–water partition coefficient (Wildman–Crippen LogP) is 1.84. The minimum absolute atomic E-state index is 0.340. The van der Waals surface area contributed by atoms with Crippen molar-refractivity contribution in [2.24, 2.45) is 0 Å². The number of hydrogen-bond acceptors (Lipinski definition) is 3. The lowest BCUT2D eigenvalue weighted by Crippen LogP contribution is -2.14. The highest BCUT2D eigenvalue weighted by atomic mass is 35.5. The molecule has 2 aromatic rings. The first kappa shape index (κ1) is 12.0. The zero-order valence-corrected chi connectivity index (χ0v) is 10.1. The SMILES string of the molecule is CNCc1ncnn1Cc1ccc(F)cc1Cl. The molecule has 0 amide bonds. The van der Waals surface area contributed by atoms with Gasteiger partial charge in [0.15, 0.2) is 0 Å². The smallest absolute Gasteiger partial charge is 0.141 e. The summed E-state index contributed by atoms with van der Waals surface area (Å²) in [6.07, 6.45) is 1.49. The van der Waals surface area contributed by atoms with Gasteiger partial charge in [-0.05, 0) is 24.7 Å². The summed E-state index contributed by atoms with van der Waals surface area (Å²) >= 11 is 5.96. The molecule has 1 aromatic carbocycles. The number of aromatic nitrogens is 3. The van der Waals surface area contributed by atoms with Crippen molar-refractivity contribution in [2.75, 3.05) is 7.05 Å². The molecule has 0 saturated carbocycles. The molecule has 1 aromatic heterocycles. The van der Waals surface area contributed by atoms with Gasteiger partial charge < -0.3 is 5.32 Å². The van der Waals surface area contributed by atoms with Crippen LogP contribution < -0.4 is 5.32 Å². The third-order valence-corrected chi connectivity index (χ3v) is 2.72. The van der Waals surface area contributed by atoms with E-state index in [9.17, 15) is 4.39 Å². The molecule has 1 N–H and O–H groups in total. The summed E-state index contributed by atoms with van der Waals surface area (Å²) in [5.41, 5.74) is 0.816. The van der Waals surface area contributed by atoms with Crippen LogP contribution in [0.15, 0.2) is 24.5 Å². The van der Waals surface area contributed by atoms with Gasteiger partial charge in [-0.3, -0.25) is 0 Å². The number of benzene rings is 1. The van der Waals surface area contributed by atoms with Crippen LogP contribution >= 0.6 is 11.6 Å². The van der Waals surface area contributed by atoms with Crippen LogP contribution in [0.1, 0.15) is 11.4 Å². The Morgan fingerprint density at radius 1 is 1.47 bits per heavy atom. The molecule has 0 aliphatic rings. The van der Waals surface area contributed by atoms with E-state index in [0.717, 1.165) is 11.4 Å². The Balaban J connectivity index is 2.22. The maximum atomic E-state index is 12.9. The minimum Gasteiger partial charge on any atom is -0.313 e. The van der Waals surface area contributed by atoms with Crippen molar-refractivity contribution in [3.8, 4) is 0 Å². The highest BCUT2D eigenvalue weighted by Gasteiger charge is 2.07. The van der Waals surface area contributed by atoms with Gasteiger partial charge in [0.05, 0.1) is 13.1 Å². The first-order chi connectivity index (χ1) is 8.20.